The molecule has 2 aromatic carbocycles. The topological polar surface area (TPSA) is 104 Å². The normalized spacial score (nSPS) is 17.5. The molecule has 0 saturated heterocycles. The number of nitrogens with one attached hydrogen (secondary N) is 1. The number of carboxylic acids is 1. The van der Waals surface area contributed by atoms with Crippen molar-refractivity contribution >= 4 is 50.9 Å². The predicted molar refractivity (Wildman–Crippen MR) is 104 cm³/mol. The Labute approximate surface area is 171 Å². The monoisotopic (exact) mass is 440 g/mol. The first-order valence-electron chi connectivity index (χ1n) is 7.98. The van der Waals surface area contributed by atoms with E-state index in [2.05, 4.69) is 5.32 Å². The first kappa shape index (κ1) is 20.2. The van der Waals surface area contributed by atoms with Gasteiger partial charge in [0.15, 0.2) is 0 Å². The predicted octanol–water partition coefficient (Wildman–Crippen LogP) is 3.59. The second kappa shape index (κ2) is 7.46. The Morgan fingerprint density at radius 2 is 1.75 bits per heavy atom. The Balaban J connectivity index is 2.19. The van der Waals surface area contributed by atoms with E-state index in [4.69, 9.17) is 23.2 Å². The zero-order valence-corrected chi connectivity index (χ0v) is 16.7. The SMILES string of the molecule is CC1C(C(=O)O)=C(c2cccc(Cl)c2Cl)NC(=O)N1S(=O)(=O)c1ccccc1. The number of carbonyl (C=O) groups is 2. The van der Waals surface area contributed by atoms with Gasteiger partial charge in [-0.1, -0.05) is 53.5 Å². The number of urea groups is 1. The minimum absolute atomic E-state index is 0.0461. The van der Waals surface area contributed by atoms with Crippen molar-refractivity contribution in [1.29, 1.82) is 0 Å². The summed E-state index contributed by atoms with van der Waals surface area (Å²) in [6.45, 7) is 1.32. The summed E-state index contributed by atoms with van der Waals surface area (Å²) in [7, 11) is -4.29. The summed E-state index contributed by atoms with van der Waals surface area (Å²) < 4.78 is 26.4. The van der Waals surface area contributed by atoms with Gasteiger partial charge >= 0.3 is 12.0 Å². The van der Waals surface area contributed by atoms with Crippen molar-refractivity contribution in [1.82, 2.24) is 9.62 Å². The molecule has 3 rings (SSSR count). The lowest BCUT2D eigenvalue weighted by Gasteiger charge is -2.35. The van der Waals surface area contributed by atoms with E-state index in [9.17, 15) is 23.1 Å². The molecular formula is C18H14Cl2N2O5S. The van der Waals surface area contributed by atoms with Gasteiger partial charge in [-0.3, -0.25) is 0 Å². The van der Waals surface area contributed by atoms with Crippen LogP contribution in [0.5, 0.6) is 0 Å². The molecule has 1 aliphatic rings. The van der Waals surface area contributed by atoms with Gasteiger partial charge in [0.1, 0.15) is 0 Å². The van der Waals surface area contributed by atoms with Gasteiger partial charge in [-0.15, -0.1) is 0 Å². The lowest BCUT2D eigenvalue weighted by atomic mass is 9.99. The van der Waals surface area contributed by atoms with Gasteiger partial charge in [0, 0.05) is 5.56 Å². The number of hydrogen-bond acceptors (Lipinski definition) is 4. The number of amides is 2. The Morgan fingerprint density at radius 1 is 1.11 bits per heavy atom. The molecule has 0 spiro atoms. The molecule has 0 radical (unpaired) electrons. The zero-order chi connectivity index (χ0) is 20.6. The number of nitrogens with zero attached hydrogens (tertiary/aromatic N) is 1. The van der Waals surface area contributed by atoms with Crippen LogP contribution in [-0.4, -0.2) is 35.9 Å². The summed E-state index contributed by atoms with van der Waals surface area (Å²) in [6, 6.07) is 9.53. The van der Waals surface area contributed by atoms with Gasteiger partial charge < -0.3 is 10.4 Å². The Morgan fingerprint density at radius 3 is 2.36 bits per heavy atom. The summed E-state index contributed by atoms with van der Waals surface area (Å²) in [6.07, 6.45) is 0. The second-order valence-corrected chi connectivity index (χ2v) is 8.52. The maximum Gasteiger partial charge on any atom is 0.336 e. The molecule has 1 unspecified atom stereocenters. The number of rotatable bonds is 4. The van der Waals surface area contributed by atoms with E-state index in [1.165, 1.54) is 43.3 Å². The molecule has 1 aliphatic heterocycles. The van der Waals surface area contributed by atoms with Gasteiger partial charge in [-0.2, -0.15) is 0 Å². The lowest BCUT2D eigenvalue weighted by molar-refractivity contribution is -0.133. The molecule has 10 heteroatoms. The molecule has 146 valence electrons. The molecule has 28 heavy (non-hydrogen) atoms. The zero-order valence-electron chi connectivity index (χ0n) is 14.4. The number of halogens is 2. The highest BCUT2D eigenvalue weighted by atomic mass is 35.5. The van der Waals surface area contributed by atoms with Gasteiger partial charge in [0.2, 0.25) is 0 Å². The van der Waals surface area contributed by atoms with Gasteiger partial charge in [0.05, 0.1) is 32.3 Å². The molecule has 1 atom stereocenters. The number of aliphatic carboxylic acids is 1. The number of hydrogen-bond donors (Lipinski definition) is 2. The molecule has 2 N–H and O–H groups in total. The first-order chi connectivity index (χ1) is 13.2. The van der Waals surface area contributed by atoms with Gasteiger partial charge in [-0.05, 0) is 25.1 Å². The van der Waals surface area contributed by atoms with E-state index in [0.717, 1.165) is 0 Å². The molecule has 0 fully saturated rings. The van der Waals surface area contributed by atoms with E-state index in [-0.39, 0.29) is 31.8 Å². The van der Waals surface area contributed by atoms with E-state index in [1.807, 2.05) is 0 Å². The van der Waals surface area contributed by atoms with Crippen molar-refractivity contribution in [2.75, 3.05) is 0 Å². The molecule has 2 amide bonds. The number of benzene rings is 2. The van der Waals surface area contributed by atoms with Crippen molar-refractivity contribution in [3.8, 4) is 0 Å². The van der Waals surface area contributed by atoms with Crippen molar-refractivity contribution < 1.29 is 23.1 Å². The minimum Gasteiger partial charge on any atom is -0.478 e. The van der Waals surface area contributed by atoms with Crippen LogP contribution >= 0.6 is 23.2 Å². The van der Waals surface area contributed by atoms with Crippen LogP contribution in [0.15, 0.2) is 59.0 Å². The highest BCUT2D eigenvalue weighted by Crippen LogP contribution is 2.35. The molecule has 1 heterocycles. The fourth-order valence-corrected chi connectivity index (χ4v) is 4.86. The van der Waals surface area contributed by atoms with Crippen molar-refractivity contribution in [2.24, 2.45) is 0 Å². The largest absolute Gasteiger partial charge is 0.478 e. The smallest absolute Gasteiger partial charge is 0.336 e. The maximum atomic E-state index is 12.9. The summed E-state index contributed by atoms with van der Waals surface area (Å²) >= 11 is 12.2. The van der Waals surface area contributed by atoms with Crippen LogP contribution < -0.4 is 5.32 Å². The summed E-state index contributed by atoms with van der Waals surface area (Å²) in [4.78, 5) is 24.5. The molecule has 7 nitrogen and oxygen atoms in total. The van der Waals surface area contributed by atoms with Crippen LogP contribution in [0.2, 0.25) is 10.0 Å². The average Bonchev–Trinajstić information content (AvgIpc) is 2.63. The third-order valence-corrected chi connectivity index (χ3v) is 6.91. The third-order valence-electron chi connectivity index (χ3n) is 4.22. The quantitative estimate of drug-likeness (QED) is 0.755. The standard InChI is InChI=1S/C18H14Cl2N2O5S/c1-10-14(17(23)24)16(12-8-5-9-13(19)15(12)20)21-18(25)22(10)28(26,27)11-6-3-2-4-7-11/h2-10H,1H3,(H,21,25)(H,23,24). The molecular weight excluding hydrogens is 427 g/mol. The van der Waals surface area contributed by atoms with Crippen LogP contribution in [0.25, 0.3) is 5.70 Å². The van der Waals surface area contributed by atoms with Crippen molar-refractivity contribution in [2.45, 2.75) is 17.9 Å². The van der Waals surface area contributed by atoms with Crippen LogP contribution in [-0.2, 0) is 14.8 Å². The average molecular weight is 441 g/mol. The molecule has 2 aromatic rings. The minimum atomic E-state index is -4.29. The second-order valence-electron chi connectivity index (χ2n) is 5.92. The van der Waals surface area contributed by atoms with Gasteiger partial charge in [-0.25, -0.2) is 22.3 Å². The summed E-state index contributed by atoms with van der Waals surface area (Å²) in [5, 5.41) is 12.3. The third kappa shape index (κ3) is 3.34. The first-order valence-corrected chi connectivity index (χ1v) is 10.2. The highest BCUT2D eigenvalue weighted by Gasteiger charge is 2.43. The van der Waals surface area contributed by atoms with E-state index >= 15 is 0 Å². The van der Waals surface area contributed by atoms with E-state index in [0.29, 0.717) is 4.31 Å². The number of sulfonamides is 1. The molecule has 0 bridgehead atoms. The highest BCUT2D eigenvalue weighted by molar-refractivity contribution is 7.89. The summed E-state index contributed by atoms with van der Waals surface area (Å²) in [5.41, 5.74) is -0.246. The van der Waals surface area contributed by atoms with Crippen LogP contribution in [0.1, 0.15) is 12.5 Å². The number of carboxylic acid groups (broad SMARTS) is 1. The number of carbonyl (C=O) groups excluding carboxylic acids is 1. The van der Waals surface area contributed by atoms with Crippen LogP contribution in [0.3, 0.4) is 0 Å². The fraction of sp³-hybridized carbons (Fsp3) is 0.111. The molecule has 0 saturated carbocycles. The van der Waals surface area contributed by atoms with Crippen LogP contribution in [0, 0.1) is 0 Å². The van der Waals surface area contributed by atoms with Crippen LogP contribution in [0.4, 0.5) is 4.79 Å². The Kier molecular flexibility index (Phi) is 5.38. The van der Waals surface area contributed by atoms with E-state index in [1.54, 1.807) is 12.1 Å². The Hall–Kier alpha value is -2.55. The van der Waals surface area contributed by atoms with Crippen molar-refractivity contribution in [3.05, 3.63) is 69.7 Å². The molecule has 0 aliphatic carbocycles. The lowest BCUT2D eigenvalue weighted by Crippen LogP contribution is -2.53. The fourth-order valence-electron chi connectivity index (χ4n) is 2.95. The maximum absolute atomic E-state index is 12.9. The summed E-state index contributed by atoms with van der Waals surface area (Å²) in [5.74, 6) is -1.40. The molecule has 0 aromatic heterocycles. The Bertz CT molecular complexity index is 1100. The van der Waals surface area contributed by atoms with Gasteiger partial charge in [0.25, 0.3) is 10.0 Å². The van der Waals surface area contributed by atoms with E-state index < -0.39 is 28.1 Å². The van der Waals surface area contributed by atoms with Crippen molar-refractivity contribution in [3.63, 3.8) is 0 Å².